The third-order valence-electron chi connectivity index (χ3n) is 2.04. The fourth-order valence-electron chi connectivity index (χ4n) is 1.37. The third kappa shape index (κ3) is 2.59. The van der Waals surface area contributed by atoms with E-state index in [9.17, 15) is 5.11 Å². The lowest BCUT2D eigenvalue weighted by Crippen LogP contribution is -2.09. The van der Waals surface area contributed by atoms with Gasteiger partial charge in [0.05, 0.1) is 12.2 Å². The van der Waals surface area contributed by atoms with Crippen LogP contribution in [-0.2, 0) is 0 Å². The van der Waals surface area contributed by atoms with Crippen LogP contribution in [0.15, 0.2) is 24.3 Å². The number of aliphatic hydroxyl groups excluding tert-OH is 2. The van der Waals surface area contributed by atoms with Crippen molar-refractivity contribution in [1.29, 1.82) is 0 Å². The molecule has 0 spiro atoms. The monoisotopic (exact) mass is 190 g/mol. The van der Waals surface area contributed by atoms with Crippen molar-refractivity contribution >= 4 is 0 Å². The van der Waals surface area contributed by atoms with Gasteiger partial charge in [-0.05, 0) is 18.6 Å². The van der Waals surface area contributed by atoms with Crippen molar-refractivity contribution in [3.63, 3.8) is 0 Å². The predicted octanol–water partition coefficient (Wildman–Crippen LogP) is 1.47. The Balaban J connectivity index is 2.89. The predicted molar refractivity (Wildman–Crippen MR) is 55.6 cm³/mol. The molecule has 74 valence electrons. The second kappa shape index (κ2) is 4.80. The minimum atomic E-state index is -0.692. The van der Waals surface area contributed by atoms with Crippen LogP contribution in [-0.4, -0.2) is 16.3 Å². The molecule has 2 nitrogen and oxygen atoms in total. The van der Waals surface area contributed by atoms with Gasteiger partial charge in [0, 0.05) is 12.0 Å². The molecule has 0 amide bonds. The molecule has 1 rings (SSSR count). The van der Waals surface area contributed by atoms with Crippen LogP contribution in [0.5, 0.6) is 0 Å². The summed E-state index contributed by atoms with van der Waals surface area (Å²) < 4.78 is 0. The minimum absolute atomic E-state index is 0.304. The maximum atomic E-state index is 9.75. The van der Waals surface area contributed by atoms with E-state index in [-0.39, 0.29) is 0 Å². The topological polar surface area (TPSA) is 40.5 Å². The molecule has 2 N–H and O–H groups in total. The molecular weight excluding hydrogens is 176 g/mol. The van der Waals surface area contributed by atoms with Gasteiger partial charge in [-0.25, -0.2) is 0 Å². The molecule has 1 aromatic rings. The molecule has 0 aliphatic rings. The van der Waals surface area contributed by atoms with E-state index in [1.54, 1.807) is 19.1 Å². The summed E-state index contributed by atoms with van der Waals surface area (Å²) in [6.07, 6.45) is 4.38. The quantitative estimate of drug-likeness (QED) is 0.709. The van der Waals surface area contributed by atoms with Gasteiger partial charge in [-0.1, -0.05) is 24.1 Å². The molecule has 14 heavy (non-hydrogen) atoms. The summed E-state index contributed by atoms with van der Waals surface area (Å²) in [6, 6.07) is 7.21. The molecular formula is C12H14O2. The Kier molecular flexibility index (Phi) is 3.70. The summed E-state index contributed by atoms with van der Waals surface area (Å²) in [7, 11) is 0. The number of aliphatic hydroxyl groups is 2. The highest BCUT2D eigenvalue weighted by Gasteiger charge is 2.12. The highest BCUT2D eigenvalue weighted by Crippen LogP contribution is 2.21. The lowest BCUT2D eigenvalue weighted by Gasteiger charge is -2.14. The van der Waals surface area contributed by atoms with E-state index in [2.05, 4.69) is 5.92 Å². The Morgan fingerprint density at radius 2 is 2.00 bits per heavy atom. The Morgan fingerprint density at radius 1 is 1.36 bits per heavy atom. The SMILES string of the molecule is C#Cc1ccccc1[C@H](O)C[C@@H](C)O. The first-order valence-electron chi connectivity index (χ1n) is 4.56. The van der Waals surface area contributed by atoms with Crippen molar-refractivity contribution in [1.82, 2.24) is 0 Å². The Hall–Kier alpha value is -1.30. The maximum absolute atomic E-state index is 9.75. The molecule has 0 fully saturated rings. The van der Waals surface area contributed by atoms with Crippen LogP contribution in [0.3, 0.4) is 0 Å². The number of benzene rings is 1. The van der Waals surface area contributed by atoms with E-state index >= 15 is 0 Å². The molecule has 0 saturated heterocycles. The average Bonchev–Trinajstić information content (AvgIpc) is 2.16. The number of rotatable bonds is 3. The molecule has 0 aliphatic heterocycles. The summed E-state index contributed by atoms with van der Waals surface area (Å²) >= 11 is 0. The summed E-state index contributed by atoms with van der Waals surface area (Å²) in [5.41, 5.74) is 1.39. The fraction of sp³-hybridized carbons (Fsp3) is 0.333. The minimum Gasteiger partial charge on any atom is -0.393 e. The van der Waals surface area contributed by atoms with Gasteiger partial charge in [-0.3, -0.25) is 0 Å². The largest absolute Gasteiger partial charge is 0.393 e. The Morgan fingerprint density at radius 3 is 2.57 bits per heavy atom. The smallest absolute Gasteiger partial charge is 0.0826 e. The van der Waals surface area contributed by atoms with Crippen molar-refractivity contribution in [2.24, 2.45) is 0 Å². The van der Waals surface area contributed by atoms with E-state index in [1.165, 1.54) is 0 Å². The van der Waals surface area contributed by atoms with Crippen LogP contribution < -0.4 is 0 Å². The second-order valence-electron chi connectivity index (χ2n) is 3.33. The Bertz CT molecular complexity index is 336. The lowest BCUT2D eigenvalue weighted by molar-refractivity contribution is 0.0906. The maximum Gasteiger partial charge on any atom is 0.0826 e. The van der Waals surface area contributed by atoms with Crippen molar-refractivity contribution in [2.45, 2.75) is 25.6 Å². The van der Waals surface area contributed by atoms with Gasteiger partial charge in [-0.2, -0.15) is 0 Å². The molecule has 0 radical (unpaired) electrons. The lowest BCUT2D eigenvalue weighted by atomic mass is 9.99. The highest BCUT2D eigenvalue weighted by molar-refractivity contribution is 5.40. The molecule has 0 aromatic heterocycles. The average molecular weight is 190 g/mol. The van der Waals surface area contributed by atoms with Gasteiger partial charge in [-0.15, -0.1) is 6.42 Å². The van der Waals surface area contributed by atoms with Gasteiger partial charge in [0.15, 0.2) is 0 Å². The van der Waals surface area contributed by atoms with Gasteiger partial charge < -0.3 is 10.2 Å². The molecule has 2 heteroatoms. The number of terminal acetylenes is 1. The zero-order valence-corrected chi connectivity index (χ0v) is 8.14. The standard InChI is InChI=1S/C12H14O2/c1-3-10-6-4-5-7-11(10)12(14)8-9(2)13/h1,4-7,9,12-14H,8H2,2H3/t9-,12-/m1/s1. The first-order valence-corrected chi connectivity index (χ1v) is 4.56. The summed E-state index contributed by atoms with van der Waals surface area (Å²) in [5.74, 6) is 2.51. The molecule has 0 aliphatic carbocycles. The molecule has 2 atom stereocenters. The van der Waals surface area contributed by atoms with Crippen molar-refractivity contribution < 1.29 is 10.2 Å². The van der Waals surface area contributed by atoms with Gasteiger partial charge in [0.25, 0.3) is 0 Å². The van der Waals surface area contributed by atoms with E-state index < -0.39 is 12.2 Å². The fourth-order valence-corrected chi connectivity index (χ4v) is 1.37. The van der Waals surface area contributed by atoms with Gasteiger partial charge in [0.2, 0.25) is 0 Å². The first kappa shape index (κ1) is 10.8. The van der Waals surface area contributed by atoms with Crippen LogP contribution in [0.2, 0.25) is 0 Å². The van der Waals surface area contributed by atoms with Gasteiger partial charge >= 0.3 is 0 Å². The number of hydrogen-bond acceptors (Lipinski definition) is 2. The van der Waals surface area contributed by atoms with Gasteiger partial charge in [0.1, 0.15) is 0 Å². The van der Waals surface area contributed by atoms with Crippen LogP contribution in [0.1, 0.15) is 30.6 Å². The van der Waals surface area contributed by atoms with E-state index in [0.717, 1.165) is 0 Å². The van der Waals surface area contributed by atoms with Crippen LogP contribution in [0.25, 0.3) is 0 Å². The Labute approximate surface area is 84.2 Å². The summed E-state index contributed by atoms with van der Waals surface area (Å²) in [5, 5.41) is 18.9. The second-order valence-corrected chi connectivity index (χ2v) is 3.33. The molecule has 0 heterocycles. The van der Waals surface area contributed by atoms with Crippen molar-refractivity contribution in [3.05, 3.63) is 35.4 Å². The van der Waals surface area contributed by atoms with Crippen LogP contribution in [0.4, 0.5) is 0 Å². The summed E-state index contributed by atoms with van der Waals surface area (Å²) in [6.45, 7) is 1.64. The van der Waals surface area contributed by atoms with E-state index in [1.807, 2.05) is 12.1 Å². The normalized spacial score (nSPS) is 14.4. The van der Waals surface area contributed by atoms with E-state index in [4.69, 9.17) is 11.5 Å². The zero-order chi connectivity index (χ0) is 10.6. The highest BCUT2D eigenvalue weighted by atomic mass is 16.3. The van der Waals surface area contributed by atoms with Crippen molar-refractivity contribution in [3.8, 4) is 12.3 Å². The first-order chi connectivity index (χ1) is 6.65. The molecule has 0 bridgehead atoms. The molecule has 0 unspecified atom stereocenters. The number of hydrogen-bond donors (Lipinski definition) is 2. The van der Waals surface area contributed by atoms with Crippen LogP contribution >= 0.6 is 0 Å². The van der Waals surface area contributed by atoms with Crippen LogP contribution in [0, 0.1) is 12.3 Å². The third-order valence-corrected chi connectivity index (χ3v) is 2.04. The van der Waals surface area contributed by atoms with Crippen molar-refractivity contribution in [2.75, 3.05) is 0 Å². The molecule has 0 saturated carbocycles. The molecule has 1 aromatic carbocycles. The van der Waals surface area contributed by atoms with E-state index in [0.29, 0.717) is 17.5 Å². The summed E-state index contributed by atoms with van der Waals surface area (Å²) in [4.78, 5) is 0. The zero-order valence-electron chi connectivity index (χ0n) is 8.14.